The van der Waals surface area contributed by atoms with Gasteiger partial charge < -0.3 is 5.73 Å². The molecule has 0 aliphatic rings. The third-order valence-corrected chi connectivity index (χ3v) is 6.78. The maximum atomic E-state index is 13.1. The lowest BCUT2D eigenvalue weighted by Crippen LogP contribution is -2.21. The van der Waals surface area contributed by atoms with Crippen molar-refractivity contribution >= 4 is 39.2 Å². The Labute approximate surface area is 181 Å². The van der Waals surface area contributed by atoms with Gasteiger partial charge in [-0.2, -0.15) is 0 Å². The Hall–Kier alpha value is -3.16. The van der Waals surface area contributed by atoms with Gasteiger partial charge in [0.1, 0.15) is 4.70 Å². The van der Waals surface area contributed by atoms with E-state index in [0.29, 0.717) is 33.2 Å². The lowest BCUT2D eigenvalue weighted by atomic mass is 10.1. The normalized spacial score (nSPS) is 10.9. The number of hydrogen-bond donors (Lipinski definition) is 1. The van der Waals surface area contributed by atoms with E-state index >= 15 is 0 Å². The molecule has 0 unspecified atom stereocenters. The molecule has 0 spiro atoms. The van der Waals surface area contributed by atoms with Gasteiger partial charge >= 0.3 is 0 Å². The molecule has 30 heavy (non-hydrogen) atoms. The van der Waals surface area contributed by atoms with Gasteiger partial charge in [0.2, 0.25) is 5.91 Å². The van der Waals surface area contributed by atoms with E-state index in [1.54, 1.807) is 22.8 Å². The zero-order chi connectivity index (χ0) is 21.1. The smallest absolute Gasteiger partial charge is 0.272 e. The highest BCUT2D eigenvalue weighted by molar-refractivity contribution is 7.98. The number of fused-ring (bicyclic) bond motifs is 1. The molecule has 7 heteroatoms. The molecule has 2 aromatic carbocycles. The van der Waals surface area contributed by atoms with Crippen molar-refractivity contribution in [3.8, 4) is 10.4 Å². The number of primary amides is 1. The van der Waals surface area contributed by atoms with E-state index in [2.05, 4.69) is 6.58 Å². The standard InChI is InChI=1S/C23H19N3O2S2/c1-2-12-26-22(28)20-18(13-19(30-20)16-6-4-3-5-7-16)25-23(26)29-14-15-8-10-17(11-9-15)21(24)27/h2-11,13H,1,12,14H2,(H2,24,27). The second-order valence-electron chi connectivity index (χ2n) is 6.64. The van der Waals surface area contributed by atoms with Gasteiger partial charge in [-0.05, 0) is 29.3 Å². The molecule has 2 aromatic heterocycles. The largest absolute Gasteiger partial charge is 0.366 e. The van der Waals surface area contributed by atoms with Crippen molar-refractivity contribution in [2.75, 3.05) is 0 Å². The van der Waals surface area contributed by atoms with Crippen molar-refractivity contribution < 1.29 is 4.79 Å². The number of thiophene rings is 1. The second-order valence-corrected chi connectivity index (χ2v) is 8.63. The van der Waals surface area contributed by atoms with Crippen LogP contribution in [0.25, 0.3) is 20.7 Å². The van der Waals surface area contributed by atoms with Crippen LogP contribution in [0.5, 0.6) is 0 Å². The molecule has 0 bridgehead atoms. The molecule has 150 valence electrons. The average molecular weight is 434 g/mol. The number of amides is 1. The molecule has 4 aromatic rings. The maximum absolute atomic E-state index is 13.1. The number of rotatable bonds is 7. The predicted molar refractivity (Wildman–Crippen MR) is 124 cm³/mol. The number of nitrogens with two attached hydrogens (primary N) is 1. The van der Waals surface area contributed by atoms with E-state index in [-0.39, 0.29) is 5.56 Å². The van der Waals surface area contributed by atoms with Gasteiger partial charge in [-0.15, -0.1) is 17.9 Å². The highest BCUT2D eigenvalue weighted by Gasteiger charge is 2.15. The van der Waals surface area contributed by atoms with E-state index in [4.69, 9.17) is 10.7 Å². The first-order valence-electron chi connectivity index (χ1n) is 9.29. The molecule has 0 radical (unpaired) electrons. The van der Waals surface area contributed by atoms with Crippen molar-refractivity contribution in [1.82, 2.24) is 9.55 Å². The molecular weight excluding hydrogens is 414 g/mol. The number of nitrogens with zero attached hydrogens (tertiary/aromatic N) is 2. The van der Waals surface area contributed by atoms with Crippen LogP contribution in [-0.4, -0.2) is 15.5 Å². The summed E-state index contributed by atoms with van der Waals surface area (Å²) in [7, 11) is 0. The van der Waals surface area contributed by atoms with Gasteiger partial charge in [-0.25, -0.2) is 4.98 Å². The van der Waals surface area contributed by atoms with Crippen LogP contribution in [0, 0.1) is 0 Å². The quantitative estimate of drug-likeness (QED) is 0.260. The summed E-state index contributed by atoms with van der Waals surface area (Å²) in [5, 5.41) is 0.642. The summed E-state index contributed by atoms with van der Waals surface area (Å²) < 4.78 is 2.30. The topological polar surface area (TPSA) is 78.0 Å². The maximum Gasteiger partial charge on any atom is 0.272 e. The summed E-state index contributed by atoms with van der Waals surface area (Å²) in [4.78, 5) is 30.2. The van der Waals surface area contributed by atoms with E-state index in [1.165, 1.54) is 23.1 Å². The number of allylic oxidation sites excluding steroid dienone is 1. The summed E-state index contributed by atoms with van der Waals surface area (Å²) in [6, 6.07) is 19.1. The number of thioether (sulfide) groups is 1. The second kappa shape index (κ2) is 8.69. The van der Waals surface area contributed by atoms with Crippen LogP contribution in [0.4, 0.5) is 0 Å². The zero-order valence-electron chi connectivity index (χ0n) is 16.1. The monoisotopic (exact) mass is 433 g/mol. The van der Waals surface area contributed by atoms with Crippen LogP contribution in [0.15, 0.2) is 83.3 Å². The van der Waals surface area contributed by atoms with Crippen molar-refractivity contribution in [2.24, 2.45) is 5.73 Å². The molecule has 4 rings (SSSR count). The third kappa shape index (κ3) is 4.08. The Morgan fingerprint density at radius 1 is 1.17 bits per heavy atom. The molecule has 0 saturated heterocycles. The Morgan fingerprint density at radius 2 is 1.90 bits per heavy atom. The van der Waals surface area contributed by atoms with Crippen LogP contribution >= 0.6 is 23.1 Å². The highest BCUT2D eigenvalue weighted by Crippen LogP contribution is 2.32. The fourth-order valence-corrected chi connectivity index (χ4v) is 5.06. The Balaban J connectivity index is 1.69. The number of carbonyl (C=O) groups excluding carboxylic acids is 1. The van der Waals surface area contributed by atoms with Gasteiger partial charge in [0.15, 0.2) is 5.16 Å². The number of hydrogen-bond acceptors (Lipinski definition) is 5. The molecule has 1 amide bonds. The molecule has 2 heterocycles. The third-order valence-electron chi connectivity index (χ3n) is 4.58. The van der Waals surface area contributed by atoms with Crippen LogP contribution < -0.4 is 11.3 Å². The Kier molecular flexibility index (Phi) is 5.83. The van der Waals surface area contributed by atoms with E-state index in [9.17, 15) is 9.59 Å². The van der Waals surface area contributed by atoms with E-state index in [0.717, 1.165) is 16.0 Å². The van der Waals surface area contributed by atoms with E-state index in [1.807, 2.05) is 48.5 Å². The van der Waals surface area contributed by atoms with Crippen molar-refractivity contribution in [2.45, 2.75) is 17.5 Å². The SMILES string of the molecule is C=CCn1c(SCc2ccc(C(N)=O)cc2)nc2cc(-c3ccccc3)sc2c1=O. The zero-order valence-corrected chi connectivity index (χ0v) is 17.7. The average Bonchev–Trinajstić information content (AvgIpc) is 3.20. The van der Waals surface area contributed by atoms with Gasteiger partial charge in [-0.3, -0.25) is 14.2 Å². The van der Waals surface area contributed by atoms with Crippen LogP contribution in [0.2, 0.25) is 0 Å². The molecular formula is C23H19N3O2S2. The lowest BCUT2D eigenvalue weighted by Gasteiger charge is -2.10. The Bertz CT molecular complexity index is 1280. The number of aromatic nitrogens is 2. The van der Waals surface area contributed by atoms with Gasteiger partial charge in [0.25, 0.3) is 5.56 Å². The summed E-state index contributed by atoms with van der Waals surface area (Å²) in [5.41, 5.74) is 8.50. The predicted octanol–water partition coefficient (Wildman–Crippen LogP) is 4.70. The molecule has 2 N–H and O–H groups in total. The van der Waals surface area contributed by atoms with Crippen molar-refractivity contribution in [1.29, 1.82) is 0 Å². The summed E-state index contributed by atoms with van der Waals surface area (Å²) in [6.07, 6.45) is 1.70. The van der Waals surface area contributed by atoms with Gasteiger partial charge in [-0.1, -0.05) is 60.3 Å². The van der Waals surface area contributed by atoms with Gasteiger partial charge in [0.05, 0.1) is 5.52 Å². The minimum Gasteiger partial charge on any atom is -0.366 e. The minimum absolute atomic E-state index is 0.0568. The Morgan fingerprint density at radius 3 is 2.57 bits per heavy atom. The summed E-state index contributed by atoms with van der Waals surface area (Å²) in [5.74, 6) is 0.164. The van der Waals surface area contributed by atoms with Crippen LogP contribution in [0.3, 0.4) is 0 Å². The number of carbonyl (C=O) groups is 1. The first-order valence-corrected chi connectivity index (χ1v) is 11.1. The molecule has 0 saturated carbocycles. The molecule has 5 nitrogen and oxygen atoms in total. The van der Waals surface area contributed by atoms with E-state index < -0.39 is 5.91 Å². The first kappa shape index (κ1) is 20.1. The molecule has 0 fully saturated rings. The van der Waals surface area contributed by atoms with Crippen LogP contribution in [0.1, 0.15) is 15.9 Å². The molecule has 0 aliphatic heterocycles. The fourth-order valence-electron chi connectivity index (χ4n) is 3.05. The lowest BCUT2D eigenvalue weighted by molar-refractivity contribution is 0.100. The van der Waals surface area contributed by atoms with Crippen molar-refractivity contribution in [3.63, 3.8) is 0 Å². The van der Waals surface area contributed by atoms with Gasteiger partial charge in [0, 0.05) is 22.7 Å². The summed E-state index contributed by atoms with van der Waals surface area (Å²) in [6.45, 7) is 4.17. The van der Waals surface area contributed by atoms with Crippen molar-refractivity contribution in [3.05, 3.63) is 94.8 Å². The summed E-state index contributed by atoms with van der Waals surface area (Å²) >= 11 is 2.94. The minimum atomic E-state index is -0.451. The molecule has 0 aliphatic carbocycles. The highest BCUT2D eigenvalue weighted by atomic mass is 32.2. The fraction of sp³-hybridized carbons (Fsp3) is 0.0870. The first-order chi connectivity index (χ1) is 14.6. The molecule has 0 atom stereocenters. The number of benzene rings is 2. The van der Waals surface area contributed by atoms with Crippen LogP contribution in [-0.2, 0) is 12.3 Å².